The first-order valence-corrected chi connectivity index (χ1v) is 5.65. The van der Waals surface area contributed by atoms with Crippen molar-refractivity contribution < 1.29 is 4.42 Å². The summed E-state index contributed by atoms with van der Waals surface area (Å²) in [5, 5.41) is 8.91. The van der Waals surface area contributed by atoms with Crippen LogP contribution in [0, 0.1) is 18.3 Å². The number of nitrogen functional groups attached to an aromatic ring is 1. The quantitative estimate of drug-likeness (QED) is 0.839. The molecular formula is C14H15N3O. The molecular weight excluding hydrogens is 226 g/mol. The van der Waals surface area contributed by atoms with Gasteiger partial charge in [0.15, 0.2) is 0 Å². The number of anilines is 2. The molecule has 0 saturated heterocycles. The van der Waals surface area contributed by atoms with E-state index in [-0.39, 0.29) is 0 Å². The normalized spacial score (nSPS) is 10.1. The smallest absolute Gasteiger partial charge is 0.105 e. The Morgan fingerprint density at radius 2 is 2.17 bits per heavy atom. The zero-order valence-corrected chi connectivity index (χ0v) is 10.5. The Morgan fingerprint density at radius 3 is 2.78 bits per heavy atom. The zero-order valence-electron chi connectivity index (χ0n) is 10.5. The van der Waals surface area contributed by atoms with Gasteiger partial charge in [-0.1, -0.05) is 0 Å². The van der Waals surface area contributed by atoms with E-state index in [9.17, 15) is 0 Å². The molecule has 0 bridgehead atoms. The SMILES string of the molecule is Cc1occc1CN(C)c1cc(C#N)ccc1N. The lowest BCUT2D eigenvalue weighted by Crippen LogP contribution is -2.18. The maximum absolute atomic E-state index is 8.91. The van der Waals surface area contributed by atoms with Gasteiger partial charge in [-0.05, 0) is 31.2 Å². The number of rotatable bonds is 3. The molecule has 18 heavy (non-hydrogen) atoms. The minimum Gasteiger partial charge on any atom is -0.469 e. The molecule has 0 aliphatic rings. The van der Waals surface area contributed by atoms with Crippen molar-refractivity contribution in [3.05, 3.63) is 47.4 Å². The Kier molecular flexibility index (Phi) is 3.24. The molecule has 4 heteroatoms. The molecule has 0 unspecified atom stereocenters. The molecule has 0 aliphatic carbocycles. The monoisotopic (exact) mass is 241 g/mol. The number of hydrogen-bond donors (Lipinski definition) is 1. The summed E-state index contributed by atoms with van der Waals surface area (Å²) >= 11 is 0. The highest BCUT2D eigenvalue weighted by Gasteiger charge is 2.09. The third-order valence-electron chi connectivity index (χ3n) is 2.94. The fraction of sp³-hybridized carbons (Fsp3) is 0.214. The van der Waals surface area contributed by atoms with Crippen molar-refractivity contribution in [2.24, 2.45) is 0 Å². The maximum atomic E-state index is 8.91. The second-order valence-corrected chi connectivity index (χ2v) is 4.24. The summed E-state index contributed by atoms with van der Waals surface area (Å²) in [6, 6.07) is 9.33. The van der Waals surface area contributed by atoms with Gasteiger partial charge in [-0.3, -0.25) is 0 Å². The number of nitrogens with zero attached hydrogens (tertiary/aromatic N) is 2. The molecule has 0 aliphatic heterocycles. The van der Waals surface area contributed by atoms with Crippen LogP contribution < -0.4 is 10.6 Å². The fourth-order valence-electron chi connectivity index (χ4n) is 1.86. The van der Waals surface area contributed by atoms with Crippen LogP contribution >= 0.6 is 0 Å². The lowest BCUT2D eigenvalue weighted by molar-refractivity contribution is 0.529. The highest BCUT2D eigenvalue weighted by atomic mass is 16.3. The van der Waals surface area contributed by atoms with Crippen LogP contribution in [0.25, 0.3) is 0 Å². The highest BCUT2D eigenvalue weighted by Crippen LogP contribution is 2.25. The van der Waals surface area contributed by atoms with E-state index in [0.717, 1.165) is 17.0 Å². The summed E-state index contributed by atoms with van der Waals surface area (Å²) in [6.07, 6.45) is 1.67. The van der Waals surface area contributed by atoms with Crippen molar-refractivity contribution in [3.8, 4) is 6.07 Å². The molecule has 0 spiro atoms. The van der Waals surface area contributed by atoms with Gasteiger partial charge >= 0.3 is 0 Å². The van der Waals surface area contributed by atoms with E-state index in [1.54, 1.807) is 24.5 Å². The van der Waals surface area contributed by atoms with E-state index in [4.69, 9.17) is 15.4 Å². The van der Waals surface area contributed by atoms with Crippen LogP contribution in [0.3, 0.4) is 0 Å². The first kappa shape index (κ1) is 12.1. The molecule has 0 saturated carbocycles. The Labute approximate surface area is 106 Å². The van der Waals surface area contributed by atoms with Gasteiger partial charge in [0.1, 0.15) is 5.76 Å². The third-order valence-corrected chi connectivity index (χ3v) is 2.94. The number of benzene rings is 1. The van der Waals surface area contributed by atoms with Crippen molar-refractivity contribution in [2.75, 3.05) is 17.7 Å². The number of aryl methyl sites for hydroxylation is 1. The molecule has 1 aromatic heterocycles. The summed E-state index contributed by atoms with van der Waals surface area (Å²) in [4.78, 5) is 2.01. The highest BCUT2D eigenvalue weighted by molar-refractivity contribution is 5.69. The van der Waals surface area contributed by atoms with E-state index in [1.165, 1.54) is 0 Å². The topological polar surface area (TPSA) is 66.2 Å². The van der Waals surface area contributed by atoms with E-state index in [1.807, 2.05) is 24.9 Å². The predicted molar refractivity (Wildman–Crippen MR) is 71.1 cm³/mol. The van der Waals surface area contributed by atoms with Crippen LogP contribution in [-0.2, 0) is 6.54 Å². The van der Waals surface area contributed by atoms with Crippen LogP contribution in [0.2, 0.25) is 0 Å². The van der Waals surface area contributed by atoms with E-state index in [2.05, 4.69) is 6.07 Å². The molecule has 0 radical (unpaired) electrons. The van der Waals surface area contributed by atoms with Gasteiger partial charge < -0.3 is 15.1 Å². The molecule has 2 rings (SSSR count). The van der Waals surface area contributed by atoms with Gasteiger partial charge in [-0.15, -0.1) is 0 Å². The Balaban J connectivity index is 2.26. The minimum absolute atomic E-state index is 0.606. The van der Waals surface area contributed by atoms with Crippen LogP contribution in [0.1, 0.15) is 16.9 Å². The molecule has 4 nitrogen and oxygen atoms in total. The lowest BCUT2D eigenvalue weighted by Gasteiger charge is -2.21. The van der Waals surface area contributed by atoms with Crippen molar-refractivity contribution >= 4 is 11.4 Å². The molecule has 0 amide bonds. The molecule has 0 atom stereocenters. The predicted octanol–water partition coefficient (Wildman–Crippen LogP) is 2.68. The summed E-state index contributed by atoms with van der Waals surface area (Å²) in [5.41, 5.74) is 9.18. The van der Waals surface area contributed by atoms with Gasteiger partial charge in [0.25, 0.3) is 0 Å². The standard InChI is InChI=1S/C14H15N3O/c1-10-12(5-6-18-10)9-17(2)14-7-11(8-15)3-4-13(14)16/h3-7H,9,16H2,1-2H3. The first-order valence-electron chi connectivity index (χ1n) is 5.65. The largest absolute Gasteiger partial charge is 0.469 e. The number of hydrogen-bond acceptors (Lipinski definition) is 4. The summed E-state index contributed by atoms with van der Waals surface area (Å²) in [5.74, 6) is 0.900. The van der Waals surface area contributed by atoms with E-state index >= 15 is 0 Å². The lowest BCUT2D eigenvalue weighted by atomic mass is 10.1. The fourth-order valence-corrected chi connectivity index (χ4v) is 1.86. The van der Waals surface area contributed by atoms with Gasteiger partial charge in [0.05, 0.1) is 29.3 Å². The van der Waals surface area contributed by atoms with E-state index < -0.39 is 0 Å². The third kappa shape index (κ3) is 2.30. The summed E-state index contributed by atoms with van der Waals surface area (Å²) < 4.78 is 5.27. The Bertz CT molecular complexity index is 595. The number of furan rings is 1. The number of nitriles is 1. The average molecular weight is 241 g/mol. The van der Waals surface area contributed by atoms with Crippen LogP contribution in [0.4, 0.5) is 11.4 Å². The van der Waals surface area contributed by atoms with Crippen molar-refractivity contribution in [3.63, 3.8) is 0 Å². The van der Waals surface area contributed by atoms with Crippen LogP contribution in [0.5, 0.6) is 0 Å². The first-order chi connectivity index (χ1) is 8.61. The van der Waals surface area contributed by atoms with Gasteiger partial charge in [0, 0.05) is 19.2 Å². The molecule has 0 fully saturated rings. The van der Waals surface area contributed by atoms with Crippen molar-refractivity contribution in [1.82, 2.24) is 0 Å². The Morgan fingerprint density at radius 1 is 1.39 bits per heavy atom. The Hall–Kier alpha value is -2.41. The van der Waals surface area contributed by atoms with Gasteiger partial charge in [-0.2, -0.15) is 5.26 Å². The van der Waals surface area contributed by atoms with Gasteiger partial charge in [-0.25, -0.2) is 0 Å². The second-order valence-electron chi connectivity index (χ2n) is 4.24. The minimum atomic E-state index is 0.606. The molecule has 2 aromatic rings. The van der Waals surface area contributed by atoms with E-state index in [0.29, 0.717) is 17.8 Å². The molecule has 1 aromatic carbocycles. The second kappa shape index (κ2) is 4.84. The van der Waals surface area contributed by atoms with Crippen molar-refractivity contribution in [1.29, 1.82) is 5.26 Å². The molecule has 92 valence electrons. The average Bonchev–Trinajstić information content (AvgIpc) is 2.75. The summed E-state index contributed by atoms with van der Waals surface area (Å²) in [7, 11) is 1.94. The van der Waals surface area contributed by atoms with Crippen LogP contribution in [-0.4, -0.2) is 7.05 Å². The summed E-state index contributed by atoms with van der Waals surface area (Å²) in [6.45, 7) is 2.62. The zero-order chi connectivity index (χ0) is 13.1. The maximum Gasteiger partial charge on any atom is 0.105 e. The van der Waals surface area contributed by atoms with Crippen LogP contribution in [0.15, 0.2) is 34.9 Å². The molecule has 1 heterocycles. The van der Waals surface area contributed by atoms with Gasteiger partial charge in [0.2, 0.25) is 0 Å². The van der Waals surface area contributed by atoms with Crippen molar-refractivity contribution in [2.45, 2.75) is 13.5 Å². The number of nitrogens with two attached hydrogens (primary N) is 1. The molecule has 2 N–H and O–H groups in total.